The number of hydrogen-bond acceptors (Lipinski definition) is 0. The molecule has 1 aromatic heterocycles. The van der Waals surface area contributed by atoms with Gasteiger partial charge in [-0.25, -0.2) is 0 Å². The Kier molecular flexibility index (Phi) is 2.91. The zero-order valence-corrected chi connectivity index (χ0v) is 9.40. The van der Waals surface area contributed by atoms with Crippen LogP contribution >= 0.6 is 0 Å². The number of aryl methyl sites for hydroxylation is 1. The molecule has 0 fully saturated rings. The Morgan fingerprint density at radius 3 is 2.80 bits per heavy atom. The molecule has 0 aliphatic rings. The molecule has 0 N–H and O–H groups in total. The summed E-state index contributed by atoms with van der Waals surface area (Å²) in [6.45, 7) is 2.17. The molecule has 0 spiro atoms. The van der Waals surface area contributed by atoms with Crippen LogP contribution in [-0.2, 0) is 13.5 Å². The zero-order valence-electron chi connectivity index (χ0n) is 9.40. The van der Waals surface area contributed by atoms with Crippen LogP contribution in [0.4, 0.5) is 0 Å². The van der Waals surface area contributed by atoms with Gasteiger partial charge < -0.3 is 4.57 Å². The van der Waals surface area contributed by atoms with E-state index in [-0.39, 0.29) is 0 Å². The van der Waals surface area contributed by atoms with Crippen LogP contribution < -0.4 is 0 Å². The Morgan fingerprint density at radius 1 is 1.20 bits per heavy atom. The molecule has 0 radical (unpaired) electrons. The molecule has 15 heavy (non-hydrogen) atoms. The fourth-order valence-corrected chi connectivity index (χ4v) is 1.97. The van der Waals surface area contributed by atoms with Crippen molar-refractivity contribution in [1.82, 2.24) is 4.57 Å². The van der Waals surface area contributed by atoms with Gasteiger partial charge in [-0.15, -0.1) is 0 Å². The van der Waals surface area contributed by atoms with E-state index in [1.807, 2.05) is 0 Å². The summed E-state index contributed by atoms with van der Waals surface area (Å²) in [6.07, 6.45) is 8.86. The summed E-state index contributed by atoms with van der Waals surface area (Å²) in [5, 5.41) is 1.38. The average Bonchev–Trinajstić information content (AvgIpc) is 2.58. The van der Waals surface area contributed by atoms with E-state index in [9.17, 15) is 0 Å². The van der Waals surface area contributed by atoms with E-state index in [4.69, 9.17) is 0 Å². The van der Waals surface area contributed by atoms with Gasteiger partial charge in [0.1, 0.15) is 0 Å². The lowest BCUT2D eigenvalue weighted by Gasteiger charge is -1.93. The van der Waals surface area contributed by atoms with Crippen LogP contribution in [0.2, 0.25) is 0 Å². The average molecular weight is 199 g/mol. The number of aromatic nitrogens is 1. The largest absolute Gasteiger partial charge is 0.350 e. The first kappa shape index (κ1) is 10.0. The summed E-state index contributed by atoms with van der Waals surface area (Å²) in [5.74, 6) is 0. The maximum Gasteiger partial charge on any atom is 0.0480 e. The van der Waals surface area contributed by atoms with Crippen molar-refractivity contribution >= 4 is 10.9 Å². The lowest BCUT2D eigenvalue weighted by atomic mass is 10.1. The molecule has 2 rings (SSSR count). The van der Waals surface area contributed by atoms with Crippen molar-refractivity contribution < 1.29 is 0 Å². The predicted octanol–water partition coefficient (Wildman–Crippen LogP) is 3.69. The van der Waals surface area contributed by atoms with Crippen molar-refractivity contribution in [1.29, 1.82) is 0 Å². The molecule has 1 heterocycles. The lowest BCUT2D eigenvalue weighted by molar-refractivity contribution is 0.959. The van der Waals surface area contributed by atoms with E-state index in [0.29, 0.717) is 0 Å². The van der Waals surface area contributed by atoms with Crippen LogP contribution in [0.1, 0.15) is 18.9 Å². The van der Waals surface area contributed by atoms with Gasteiger partial charge in [0.2, 0.25) is 0 Å². The fourth-order valence-electron chi connectivity index (χ4n) is 1.97. The highest BCUT2D eigenvalue weighted by molar-refractivity contribution is 5.84. The molecular weight excluding hydrogens is 182 g/mol. The topological polar surface area (TPSA) is 4.93 Å². The Bertz CT molecular complexity index is 477. The normalized spacial score (nSPS) is 11.6. The number of hydrogen-bond donors (Lipinski definition) is 0. The fraction of sp³-hybridized carbons (Fsp3) is 0.286. The van der Waals surface area contributed by atoms with Gasteiger partial charge in [-0.3, -0.25) is 0 Å². The minimum Gasteiger partial charge on any atom is -0.350 e. The first-order valence-corrected chi connectivity index (χ1v) is 5.51. The number of para-hydroxylation sites is 1. The summed E-state index contributed by atoms with van der Waals surface area (Å²) in [4.78, 5) is 0. The molecular formula is C14H17N. The van der Waals surface area contributed by atoms with Crippen molar-refractivity contribution in [2.75, 3.05) is 0 Å². The van der Waals surface area contributed by atoms with Crippen molar-refractivity contribution in [3.8, 4) is 0 Å². The molecule has 0 unspecified atom stereocenters. The summed E-state index contributed by atoms with van der Waals surface area (Å²) < 4.78 is 2.20. The van der Waals surface area contributed by atoms with Gasteiger partial charge in [0.05, 0.1) is 0 Å². The third-order valence-electron chi connectivity index (χ3n) is 2.72. The number of nitrogens with zero attached hydrogens (tertiary/aromatic N) is 1. The Hall–Kier alpha value is -1.50. The van der Waals surface area contributed by atoms with Gasteiger partial charge in [0, 0.05) is 24.1 Å². The second-order valence-corrected chi connectivity index (χ2v) is 3.87. The maximum atomic E-state index is 2.25. The van der Waals surface area contributed by atoms with E-state index in [2.05, 4.69) is 61.2 Å². The Balaban J connectivity index is 2.39. The summed E-state index contributed by atoms with van der Waals surface area (Å²) in [5.41, 5.74) is 2.73. The molecule has 0 atom stereocenters. The number of allylic oxidation sites excluding steroid dienone is 2. The third-order valence-corrected chi connectivity index (χ3v) is 2.72. The van der Waals surface area contributed by atoms with Crippen LogP contribution in [0.25, 0.3) is 10.9 Å². The molecule has 0 amide bonds. The maximum absolute atomic E-state index is 2.25. The molecule has 2 aromatic rings. The second kappa shape index (κ2) is 4.35. The van der Waals surface area contributed by atoms with E-state index in [0.717, 1.165) is 12.8 Å². The smallest absolute Gasteiger partial charge is 0.0480 e. The van der Waals surface area contributed by atoms with E-state index < -0.39 is 0 Å². The summed E-state index contributed by atoms with van der Waals surface area (Å²) >= 11 is 0. The minimum atomic E-state index is 1.04. The highest BCUT2D eigenvalue weighted by Gasteiger charge is 2.03. The predicted molar refractivity (Wildman–Crippen MR) is 66.1 cm³/mol. The monoisotopic (exact) mass is 199 g/mol. The van der Waals surface area contributed by atoms with Crippen LogP contribution in [0.5, 0.6) is 0 Å². The van der Waals surface area contributed by atoms with E-state index in [1.54, 1.807) is 0 Å². The van der Waals surface area contributed by atoms with Crippen LogP contribution in [-0.4, -0.2) is 4.57 Å². The van der Waals surface area contributed by atoms with E-state index in [1.165, 1.54) is 16.5 Å². The molecule has 78 valence electrons. The highest BCUT2D eigenvalue weighted by atomic mass is 14.9. The van der Waals surface area contributed by atoms with Crippen molar-refractivity contribution in [2.24, 2.45) is 7.05 Å². The quantitative estimate of drug-likeness (QED) is 0.664. The lowest BCUT2D eigenvalue weighted by Crippen LogP contribution is -1.82. The van der Waals surface area contributed by atoms with Gasteiger partial charge >= 0.3 is 0 Å². The van der Waals surface area contributed by atoms with Crippen molar-refractivity contribution in [3.05, 3.63) is 48.2 Å². The first-order chi connectivity index (χ1) is 7.33. The van der Waals surface area contributed by atoms with Gasteiger partial charge in [-0.05, 0) is 24.5 Å². The standard InChI is InChI=1S/C14H17N/c1-3-4-5-8-12-11-15(2)14-10-7-6-9-13(12)14/h4-7,9-11H,3,8H2,1-2H3. The molecule has 0 aliphatic carbocycles. The third kappa shape index (κ3) is 1.96. The molecule has 1 aromatic carbocycles. The van der Waals surface area contributed by atoms with Gasteiger partial charge in [0.25, 0.3) is 0 Å². The van der Waals surface area contributed by atoms with Crippen molar-refractivity contribution in [3.63, 3.8) is 0 Å². The number of benzene rings is 1. The second-order valence-electron chi connectivity index (χ2n) is 3.87. The molecule has 1 heteroatoms. The van der Waals surface area contributed by atoms with Crippen LogP contribution in [0.3, 0.4) is 0 Å². The SMILES string of the molecule is CCC=CCc1cn(C)c2ccccc12. The minimum absolute atomic E-state index is 1.04. The van der Waals surface area contributed by atoms with Gasteiger partial charge in [-0.1, -0.05) is 37.3 Å². The number of rotatable bonds is 3. The van der Waals surface area contributed by atoms with E-state index >= 15 is 0 Å². The summed E-state index contributed by atoms with van der Waals surface area (Å²) in [6, 6.07) is 8.57. The Morgan fingerprint density at radius 2 is 2.00 bits per heavy atom. The molecule has 0 bridgehead atoms. The molecule has 0 aliphatic heterocycles. The van der Waals surface area contributed by atoms with Crippen LogP contribution in [0.15, 0.2) is 42.6 Å². The van der Waals surface area contributed by atoms with Crippen LogP contribution in [0, 0.1) is 0 Å². The van der Waals surface area contributed by atoms with Gasteiger partial charge in [0.15, 0.2) is 0 Å². The first-order valence-electron chi connectivity index (χ1n) is 5.51. The van der Waals surface area contributed by atoms with Gasteiger partial charge in [-0.2, -0.15) is 0 Å². The number of fused-ring (bicyclic) bond motifs is 1. The molecule has 0 saturated heterocycles. The molecule has 1 nitrogen and oxygen atoms in total. The Labute approximate surface area is 91.0 Å². The van der Waals surface area contributed by atoms with Crippen molar-refractivity contribution in [2.45, 2.75) is 19.8 Å². The zero-order chi connectivity index (χ0) is 10.7. The highest BCUT2D eigenvalue weighted by Crippen LogP contribution is 2.20. The summed E-state index contributed by atoms with van der Waals surface area (Å²) in [7, 11) is 2.11. The molecule has 0 saturated carbocycles.